The number of halogens is 1. The highest BCUT2D eigenvalue weighted by Crippen LogP contribution is 2.19. The van der Waals surface area contributed by atoms with Gasteiger partial charge in [-0.1, -0.05) is 23.8 Å². The molecular formula is C22H31IN6O. The monoisotopic (exact) mass is 522 g/mol. The topological polar surface area (TPSA) is 83.3 Å². The zero-order valence-corrected chi connectivity index (χ0v) is 19.8. The van der Waals surface area contributed by atoms with Crippen LogP contribution in [0.25, 0.3) is 0 Å². The molecule has 0 spiro atoms. The van der Waals surface area contributed by atoms with Crippen LogP contribution < -0.4 is 16.0 Å². The van der Waals surface area contributed by atoms with Gasteiger partial charge < -0.3 is 16.0 Å². The summed E-state index contributed by atoms with van der Waals surface area (Å²) in [5.41, 5.74) is 3.39. The van der Waals surface area contributed by atoms with Crippen LogP contribution in [0.5, 0.6) is 0 Å². The second-order valence-electron chi connectivity index (χ2n) is 7.16. The minimum atomic E-state index is -0.103. The van der Waals surface area contributed by atoms with Crippen molar-refractivity contribution in [1.29, 1.82) is 0 Å². The van der Waals surface area contributed by atoms with Crippen LogP contribution in [0.2, 0.25) is 0 Å². The van der Waals surface area contributed by atoms with E-state index in [0.717, 1.165) is 30.2 Å². The molecule has 0 unspecified atom stereocenters. The molecule has 3 N–H and O–H groups in total. The number of hydrogen-bond acceptors (Lipinski definition) is 3. The summed E-state index contributed by atoms with van der Waals surface area (Å²) in [4.78, 5) is 16.4. The molecule has 0 fully saturated rings. The van der Waals surface area contributed by atoms with Crippen molar-refractivity contribution in [2.24, 2.45) is 4.99 Å². The highest BCUT2D eigenvalue weighted by molar-refractivity contribution is 14.0. The van der Waals surface area contributed by atoms with E-state index in [-0.39, 0.29) is 36.4 Å². The van der Waals surface area contributed by atoms with E-state index in [0.29, 0.717) is 6.54 Å². The Bertz CT molecular complexity index is 847. The number of carbonyl (C=O) groups excluding carboxylic acids is 1. The first-order valence-electron chi connectivity index (χ1n) is 10.2. The van der Waals surface area contributed by atoms with Crippen molar-refractivity contribution in [1.82, 2.24) is 20.4 Å². The van der Waals surface area contributed by atoms with Gasteiger partial charge in [-0.2, -0.15) is 5.10 Å². The van der Waals surface area contributed by atoms with Gasteiger partial charge in [0.25, 0.3) is 0 Å². The number of guanidine groups is 1. The van der Waals surface area contributed by atoms with Gasteiger partial charge in [-0.25, -0.2) is 0 Å². The van der Waals surface area contributed by atoms with E-state index in [1.165, 1.54) is 25.7 Å². The Balaban J connectivity index is 0.00000320. The second kappa shape index (κ2) is 13.0. The highest BCUT2D eigenvalue weighted by Gasteiger charge is 2.06. The molecule has 30 heavy (non-hydrogen) atoms. The van der Waals surface area contributed by atoms with Crippen LogP contribution in [0.4, 0.5) is 5.69 Å². The van der Waals surface area contributed by atoms with Gasteiger partial charge in [0.15, 0.2) is 5.96 Å². The van der Waals surface area contributed by atoms with Gasteiger partial charge >= 0.3 is 0 Å². The summed E-state index contributed by atoms with van der Waals surface area (Å²) in [5, 5.41) is 13.7. The Morgan fingerprint density at radius 2 is 2.13 bits per heavy atom. The lowest BCUT2D eigenvalue weighted by Crippen LogP contribution is -2.37. The average molecular weight is 522 g/mol. The van der Waals surface area contributed by atoms with E-state index < -0.39 is 0 Å². The number of aromatic nitrogens is 2. The van der Waals surface area contributed by atoms with E-state index in [1.807, 2.05) is 24.3 Å². The maximum Gasteiger partial charge on any atom is 0.246 e. The molecular weight excluding hydrogens is 491 g/mol. The number of aliphatic imine (C=N–C) groups is 1. The largest absolute Gasteiger partial charge is 0.356 e. The summed E-state index contributed by atoms with van der Waals surface area (Å²) in [5.74, 6) is 0.683. The molecule has 1 amide bonds. The SMILES string of the molecule is CN=C(NCCC1=CCCCC1)NCc1cccc(NC(=O)Cn2cccn2)c1.I. The molecule has 1 aromatic carbocycles. The molecule has 0 bridgehead atoms. The van der Waals surface area contributed by atoms with Gasteiger partial charge in [-0.3, -0.25) is 14.5 Å². The van der Waals surface area contributed by atoms with Crippen molar-refractivity contribution >= 4 is 41.5 Å². The quantitative estimate of drug-likeness (QED) is 0.214. The van der Waals surface area contributed by atoms with Gasteiger partial charge in [0.2, 0.25) is 5.91 Å². The molecule has 162 valence electrons. The fraction of sp³-hybridized carbons (Fsp3) is 0.409. The summed E-state index contributed by atoms with van der Waals surface area (Å²) in [6.45, 7) is 1.71. The number of nitrogens with zero attached hydrogens (tertiary/aromatic N) is 3. The first kappa shape index (κ1) is 23.9. The number of nitrogens with one attached hydrogen (secondary N) is 3. The zero-order chi connectivity index (χ0) is 20.3. The van der Waals surface area contributed by atoms with E-state index in [2.05, 4.69) is 32.1 Å². The predicted molar refractivity (Wildman–Crippen MR) is 132 cm³/mol. The molecule has 2 aromatic rings. The van der Waals surface area contributed by atoms with Crippen molar-refractivity contribution in [2.45, 2.75) is 45.2 Å². The fourth-order valence-electron chi connectivity index (χ4n) is 3.38. The van der Waals surface area contributed by atoms with E-state index >= 15 is 0 Å². The van der Waals surface area contributed by atoms with Crippen LogP contribution in [-0.4, -0.2) is 35.2 Å². The number of allylic oxidation sites excluding steroid dienone is 1. The lowest BCUT2D eigenvalue weighted by Gasteiger charge is -2.15. The molecule has 1 aromatic heterocycles. The lowest BCUT2D eigenvalue weighted by molar-refractivity contribution is -0.116. The second-order valence-corrected chi connectivity index (χ2v) is 7.16. The molecule has 1 heterocycles. The third-order valence-electron chi connectivity index (χ3n) is 4.88. The van der Waals surface area contributed by atoms with E-state index in [1.54, 1.807) is 35.8 Å². The van der Waals surface area contributed by atoms with Gasteiger partial charge in [0.05, 0.1) is 0 Å². The maximum absolute atomic E-state index is 12.1. The first-order chi connectivity index (χ1) is 14.2. The number of anilines is 1. The zero-order valence-electron chi connectivity index (χ0n) is 17.4. The molecule has 0 radical (unpaired) electrons. The number of carbonyl (C=O) groups is 1. The van der Waals surface area contributed by atoms with Crippen LogP contribution in [0.1, 0.15) is 37.7 Å². The van der Waals surface area contributed by atoms with E-state index in [9.17, 15) is 4.79 Å². The molecule has 1 aliphatic carbocycles. The molecule has 8 heteroatoms. The Kier molecular flexibility index (Phi) is 10.4. The summed E-state index contributed by atoms with van der Waals surface area (Å²) in [7, 11) is 1.78. The summed E-state index contributed by atoms with van der Waals surface area (Å²) < 4.78 is 1.60. The van der Waals surface area contributed by atoms with Gasteiger partial charge in [-0.05, 0) is 55.9 Å². The van der Waals surface area contributed by atoms with Gasteiger partial charge in [0.1, 0.15) is 6.54 Å². The third kappa shape index (κ3) is 8.17. The van der Waals surface area contributed by atoms with Crippen LogP contribution in [-0.2, 0) is 17.9 Å². The van der Waals surface area contributed by atoms with Crippen molar-refractivity contribution in [3.05, 3.63) is 59.9 Å². The van der Waals surface area contributed by atoms with Crippen LogP contribution in [0.3, 0.4) is 0 Å². The molecule has 0 saturated carbocycles. The summed E-state index contributed by atoms with van der Waals surface area (Å²) in [6.07, 6.45) is 12.0. The highest BCUT2D eigenvalue weighted by atomic mass is 127. The van der Waals surface area contributed by atoms with Gasteiger partial charge in [0, 0.05) is 38.2 Å². The normalized spacial score (nSPS) is 13.8. The van der Waals surface area contributed by atoms with Gasteiger partial charge in [-0.15, -0.1) is 24.0 Å². The van der Waals surface area contributed by atoms with Crippen molar-refractivity contribution in [3.63, 3.8) is 0 Å². The maximum atomic E-state index is 12.1. The Labute approximate surface area is 195 Å². The number of hydrogen-bond donors (Lipinski definition) is 3. The van der Waals surface area contributed by atoms with Crippen molar-refractivity contribution in [3.8, 4) is 0 Å². The lowest BCUT2D eigenvalue weighted by atomic mass is 9.97. The number of benzene rings is 1. The Hall–Kier alpha value is -2.36. The Morgan fingerprint density at radius 1 is 1.23 bits per heavy atom. The average Bonchev–Trinajstić information content (AvgIpc) is 3.24. The fourth-order valence-corrected chi connectivity index (χ4v) is 3.38. The predicted octanol–water partition coefficient (Wildman–Crippen LogP) is 3.70. The molecule has 0 saturated heterocycles. The number of amides is 1. The van der Waals surface area contributed by atoms with Crippen LogP contribution in [0, 0.1) is 0 Å². The summed E-state index contributed by atoms with van der Waals surface area (Å²) >= 11 is 0. The van der Waals surface area contributed by atoms with E-state index in [4.69, 9.17) is 0 Å². The first-order valence-corrected chi connectivity index (χ1v) is 10.2. The van der Waals surface area contributed by atoms with Crippen molar-refractivity contribution < 1.29 is 4.79 Å². The van der Waals surface area contributed by atoms with Crippen LogP contribution >= 0.6 is 24.0 Å². The standard InChI is InChI=1S/C22H30N6O.HI/c1-23-22(24-13-11-18-7-3-2-4-8-18)25-16-19-9-5-10-20(15-19)27-21(29)17-28-14-6-12-26-28;/h5-7,9-10,12,14-15H,2-4,8,11,13,16-17H2,1H3,(H,27,29)(H2,23,24,25);1H. The molecule has 0 atom stereocenters. The third-order valence-corrected chi connectivity index (χ3v) is 4.88. The van der Waals surface area contributed by atoms with Crippen molar-refractivity contribution in [2.75, 3.05) is 18.9 Å². The minimum Gasteiger partial charge on any atom is -0.356 e. The molecule has 3 rings (SSSR count). The molecule has 7 nitrogen and oxygen atoms in total. The molecule has 1 aliphatic rings. The molecule has 0 aliphatic heterocycles. The minimum absolute atomic E-state index is 0. The smallest absolute Gasteiger partial charge is 0.246 e. The summed E-state index contributed by atoms with van der Waals surface area (Å²) in [6, 6.07) is 9.61. The van der Waals surface area contributed by atoms with Crippen LogP contribution in [0.15, 0.2) is 59.4 Å². The number of rotatable bonds is 8. The Morgan fingerprint density at radius 3 is 2.87 bits per heavy atom.